The van der Waals surface area contributed by atoms with E-state index in [0.717, 1.165) is 22.3 Å². The standard InChI is InChI=1S/C16H14O4/c1-19-16(20-2)13-6-4-3-5-11(13)12-8-7-10(15(17)18)9-14(12)16/h3-9H,1-2H3,(H,17,18). The highest BCUT2D eigenvalue weighted by atomic mass is 16.7. The smallest absolute Gasteiger partial charge is 0.335 e. The molecule has 0 spiro atoms. The minimum absolute atomic E-state index is 0.218. The summed E-state index contributed by atoms with van der Waals surface area (Å²) in [5.41, 5.74) is 3.78. The molecule has 0 aliphatic heterocycles. The Balaban J connectivity index is 2.34. The first-order chi connectivity index (χ1) is 9.64. The number of fused-ring (bicyclic) bond motifs is 3. The first-order valence-electron chi connectivity index (χ1n) is 6.22. The topological polar surface area (TPSA) is 55.8 Å². The van der Waals surface area contributed by atoms with Crippen molar-refractivity contribution in [2.24, 2.45) is 0 Å². The third kappa shape index (κ3) is 1.52. The van der Waals surface area contributed by atoms with Crippen LogP contribution >= 0.6 is 0 Å². The van der Waals surface area contributed by atoms with Crippen LogP contribution in [0.5, 0.6) is 0 Å². The number of hydrogen-bond donors (Lipinski definition) is 1. The number of hydrogen-bond acceptors (Lipinski definition) is 3. The van der Waals surface area contributed by atoms with E-state index in [1.54, 1.807) is 32.4 Å². The van der Waals surface area contributed by atoms with Gasteiger partial charge in [0.15, 0.2) is 0 Å². The molecular formula is C16H14O4. The molecule has 1 aliphatic carbocycles. The third-order valence-electron chi connectivity index (χ3n) is 3.77. The Labute approximate surface area is 116 Å². The van der Waals surface area contributed by atoms with Gasteiger partial charge in [0.05, 0.1) is 5.56 Å². The van der Waals surface area contributed by atoms with Gasteiger partial charge >= 0.3 is 5.97 Å². The maximum Gasteiger partial charge on any atom is 0.335 e. The van der Waals surface area contributed by atoms with Crippen LogP contribution in [-0.2, 0) is 15.3 Å². The second-order valence-corrected chi connectivity index (χ2v) is 4.64. The molecular weight excluding hydrogens is 256 g/mol. The van der Waals surface area contributed by atoms with Crippen LogP contribution in [0.2, 0.25) is 0 Å². The minimum atomic E-state index is -1.04. The molecule has 0 bridgehead atoms. The molecule has 1 N–H and O–H groups in total. The van der Waals surface area contributed by atoms with Crippen molar-refractivity contribution in [1.29, 1.82) is 0 Å². The zero-order valence-electron chi connectivity index (χ0n) is 11.2. The van der Waals surface area contributed by atoms with Crippen molar-refractivity contribution in [3.8, 4) is 11.1 Å². The molecule has 0 saturated heterocycles. The second-order valence-electron chi connectivity index (χ2n) is 4.64. The van der Waals surface area contributed by atoms with Gasteiger partial charge in [0.1, 0.15) is 0 Å². The van der Waals surface area contributed by atoms with Crippen molar-refractivity contribution in [1.82, 2.24) is 0 Å². The molecule has 0 unspecified atom stereocenters. The van der Waals surface area contributed by atoms with E-state index >= 15 is 0 Å². The molecule has 4 heteroatoms. The van der Waals surface area contributed by atoms with E-state index in [-0.39, 0.29) is 5.56 Å². The number of methoxy groups -OCH3 is 2. The van der Waals surface area contributed by atoms with Crippen LogP contribution in [0.3, 0.4) is 0 Å². The fourth-order valence-corrected chi connectivity index (χ4v) is 2.86. The molecule has 0 radical (unpaired) electrons. The number of ether oxygens (including phenoxy) is 2. The summed E-state index contributed by atoms with van der Waals surface area (Å²) in [7, 11) is 3.12. The lowest BCUT2D eigenvalue weighted by atomic mass is 10.0. The predicted molar refractivity (Wildman–Crippen MR) is 73.6 cm³/mol. The van der Waals surface area contributed by atoms with Crippen LogP contribution in [0.15, 0.2) is 42.5 Å². The van der Waals surface area contributed by atoms with Crippen molar-refractivity contribution in [3.05, 3.63) is 59.2 Å². The van der Waals surface area contributed by atoms with Crippen LogP contribution in [-0.4, -0.2) is 25.3 Å². The molecule has 2 aromatic rings. The van der Waals surface area contributed by atoms with Gasteiger partial charge in [-0.15, -0.1) is 0 Å². The normalized spacial score (nSPS) is 14.7. The van der Waals surface area contributed by atoms with Gasteiger partial charge in [-0.3, -0.25) is 0 Å². The largest absolute Gasteiger partial charge is 0.478 e. The molecule has 0 atom stereocenters. The minimum Gasteiger partial charge on any atom is -0.478 e. The van der Waals surface area contributed by atoms with Gasteiger partial charge in [-0.2, -0.15) is 0 Å². The van der Waals surface area contributed by atoms with Crippen molar-refractivity contribution < 1.29 is 19.4 Å². The van der Waals surface area contributed by atoms with E-state index in [1.807, 2.05) is 24.3 Å². The number of benzene rings is 2. The molecule has 0 fully saturated rings. The van der Waals surface area contributed by atoms with Gasteiger partial charge in [-0.25, -0.2) is 4.79 Å². The van der Waals surface area contributed by atoms with E-state index in [2.05, 4.69) is 0 Å². The zero-order chi connectivity index (χ0) is 14.3. The Morgan fingerprint density at radius 1 is 1.00 bits per heavy atom. The van der Waals surface area contributed by atoms with E-state index < -0.39 is 11.8 Å². The molecule has 4 nitrogen and oxygen atoms in total. The van der Waals surface area contributed by atoms with E-state index in [9.17, 15) is 4.79 Å². The Bertz CT molecular complexity index is 687. The third-order valence-corrected chi connectivity index (χ3v) is 3.77. The second kappa shape index (κ2) is 4.44. The molecule has 2 aromatic carbocycles. The molecule has 0 saturated carbocycles. The average Bonchev–Trinajstić information content (AvgIpc) is 2.77. The first kappa shape index (κ1) is 12.8. The van der Waals surface area contributed by atoms with Crippen molar-refractivity contribution in [2.75, 3.05) is 14.2 Å². The highest BCUT2D eigenvalue weighted by Crippen LogP contribution is 2.49. The summed E-state index contributed by atoms with van der Waals surface area (Å²) in [6, 6.07) is 12.8. The van der Waals surface area contributed by atoms with Gasteiger partial charge < -0.3 is 14.6 Å². The lowest BCUT2D eigenvalue weighted by molar-refractivity contribution is -0.180. The lowest BCUT2D eigenvalue weighted by Crippen LogP contribution is -2.30. The SMILES string of the molecule is COC1(OC)c2ccccc2-c2ccc(C(=O)O)cc21. The van der Waals surface area contributed by atoms with Crippen LogP contribution < -0.4 is 0 Å². The quantitative estimate of drug-likeness (QED) is 0.871. The van der Waals surface area contributed by atoms with Crippen molar-refractivity contribution in [3.63, 3.8) is 0 Å². The number of aromatic carboxylic acids is 1. The van der Waals surface area contributed by atoms with Gasteiger partial charge in [0.2, 0.25) is 5.79 Å². The van der Waals surface area contributed by atoms with Gasteiger partial charge in [-0.05, 0) is 23.3 Å². The maximum absolute atomic E-state index is 11.2. The highest BCUT2D eigenvalue weighted by molar-refractivity contribution is 5.90. The monoisotopic (exact) mass is 270 g/mol. The Morgan fingerprint density at radius 2 is 1.65 bits per heavy atom. The van der Waals surface area contributed by atoms with Crippen LogP contribution in [0.4, 0.5) is 0 Å². The Morgan fingerprint density at radius 3 is 2.30 bits per heavy atom. The fraction of sp³-hybridized carbons (Fsp3) is 0.188. The summed E-state index contributed by atoms with van der Waals surface area (Å²) < 4.78 is 11.2. The number of carboxylic acids is 1. The summed E-state index contributed by atoms with van der Waals surface area (Å²) in [4.78, 5) is 11.2. The van der Waals surface area contributed by atoms with Crippen LogP contribution in [0.1, 0.15) is 21.5 Å². The highest BCUT2D eigenvalue weighted by Gasteiger charge is 2.44. The average molecular weight is 270 g/mol. The van der Waals surface area contributed by atoms with Gasteiger partial charge in [0, 0.05) is 25.3 Å². The summed E-state index contributed by atoms with van der Waals surface area (Å²) in [6.07, 6.45) is 0. The summed E-state index contributed by atoms with van der Waals surface area (Å²) >= 11 is 0. The van der Waals surface area contributed by atoms with Crippen LogP contribution in [0.25, 0.3) is 11.1 Å². The summed E-state index contributed by atoms with van der Waals surface area (Å²) in [5, 5.41) is 9.17. The molecule has 0 heterocycles. The first-order valence-corrected chi connectivity index (χ1v) is 6.22. The van der Waals surface area contributed by atoms with Gasteiger partial charge in [-0.1, -0.05) is 30.3 Å². The molecule has 102 valence electrons. The zero-order valence-corrected chi connectivity index (χ0v) is 11.2. The van der Waals surface area contributed by atoms with Crippen LogP contribution in [0, 0.1) is 0 Å². The van der Waals surface area contributed by atoms with E-state index in [1.165, 1.54) is 0 Å². The lowest BCUT2D eigenvalue weighted by Gasteiger charge is -2.28. The molecule has 3 rings (SSSR count). The van der Waals surface area contributed by atoms with E-state index in [4.69, 9.17) is 14.6 Å². The fourth-order valence-electron chi connectivity index (χ4n) is 2.86. The van der Waals surface area contributed by atoms with E-state index in [0.29, 0.717) is 0 Å². The Kier molecular flexibility index (Phi) is 2.85. The number of rotatable bonds is 3. The molecule has 0 aromatic heterocycles. The molecule has 1 aliphatic rings. The number of carboxylic acid groups (broad SMARTS) is 1. The van der Waals surface area contributed by atoms with Crippen molar-refractivity contribution in [2.45, 2.75) is 5.79 Å². The summed E-state index contributed by atoms with van der Waals surface area (Å²) in [6.45, 7) is 0. The molecule has 20 heavy (non-hydrogen) atoms. The predicted octanol–water partition coefficient (Wildman–Crippen LogP) is 2.86. The molecule has 0 amide bonds. The Hall–Kier alpha value is -2.17. The van der Waals surface area contributed by atoms with Crippen molar-refractivity contribution >= 4 is 5.97 Å². The number of carbonyl (C=O) groups is 1. The maximum atomic E-state index is 11.2. The van der Waals surface area contributed by atoms with Gasteiger partial charge in [0.25, 0.3) is 0 Å². The summed E-state index contributed by atoms with van der Waals surface area (Å²) in [5.74, 6) is -2.01.